The van der Waals surface area contributed by atoms with Crippen molar-refractivity contribution in [1.82, 2.24) is 0 Å². The highest BCUT2D eigenvalue weighted by molar-refractivity contribution is 7.01. The number of nitrogens with zero attached hydrogens (tertiary/aromatic N) is 4. The highest BCUT2D eigenvalue weighted by atomic mass is 15.2. The standard InChI is InChI=1S/C80H90B2N4/c1-48(2)55-38-50(5)75(51(6)39-55)85-66(36-37-77(10,11)12)73-54(9)83(60-28-24-22-25-29-60)67-42-57(78(13,14)15)32-34-62(67)81(73)64-46-70-65(47-69(64)85)82-63-35-33-58(79(16,17)18)43-68(63)84(61-30-26-23-27-31-61)71-44-59(80(19,20)21)45-72(74(71)82)86(70)76-52(7)40-56(49(3)4)41-53(76)8/h22-49H,9H2,1-8,10-21H3/b37-36+. The van der Waals surface area contributed by atoms with E-state index in [1.165, 1.54) is 128 Å². The molecule has 8 aromatic rings. The molecule has 0 aliphatic carbocycles. The summed E-state index contributed by atoms with van der Waals surface area (Å²) in [4.78, 5) is 10.5. The first kappa shape index (κ1) is 58.7. The van der Waals surface area contributed by atoms with Crippen LogP contribution in [0.15, 0.2) is 181 Å². The first-order valence-corrected chi connectivity index (χ1v) is 31.7. The van der Waals surface area contributed by atoms with Crippen molar-refractivity contribution in [2.45, 2.75) is 167 Å². The number of rotatable bonds is 7. The molecule has 0 aromatic heterocycles. The lowest BCUT2D eigenvalue weighted by Crippen LogP contribution is -2.63. The summed E-state index contributed by atoms with van der Waals surface area (Å²) in [6, 6.07) is 57.2. The average molecular weight is 1130 g/mol. The molecule has 0 saturated carbocycles. The quantitative estimate of drug-likeness (QED) is 0.147. The number of allylic oxidation sites excluding steroid dienone is 3. The molecule has 436 valence electrons. The third-order valence-electron chi connectivity index (χ3n) is 18.9. The number of benzene rings is 8. The minimum Gasteiger partial charge on any atom is -0.312 e. The van der Waals surface area contributed by atoms with E-state index in [4.69, 9.17) is 6.58 Å². The van der Waals surface area contributed by atoms with Gasteiger partial charge in [0, 0.05) is 56.9 Å². The van der Waals surface area contributed by atoms with E-state index in [2.05, 4.69) is 316 Å². The first-order chi connectivity index (χ1) is 40.4. The lowest BCUT2D eigenvalue weighted by atomic mass is 9.30. The predicted octanol–water partition coefficient (Wildman–Crippen LogP) is 19.0. The third kappa shape index (κ3) is 9.79. The maximum absolute atomic E-state index is 5.30. The number of hydrogen-bond donors (Lipinski definition) is 0. The summed E-state index contributed by atoms with van der Waals surface area (Å²) >= 11 is 0. The monoisotopic (exact) mass is 1130 g/mol. The molecule has 0 bridgehead atoms. The zero-order valence-corrected chi connectivity index (χ0v) is 55.3. The number of hydrogen-bond acceptors (Lipinski definition) is 4. The summed E-state index contributed by atoms with van der Waals surface area (Å²) in [7, 11) is 0. The molecule has 0 saturated heterocycles. The molecule has 6 heteroatoms. The second kappa shape index (κ2) is 20.7. The van der Waals surface area contributed by atoms with Crippen LogP contribution in [0.25, 0.3) is 0 Å². The molecule has 0 spiro atoms. The van der Waals surface area contributed by atoms with E-state index in [-0.39, 0.29) is 35.1 Å². The minimum atomic E-state index is -0.176. The fourth-order valence-electron chi connectivity index (χ4n) is 14.3. The zero-order chi connectivity index (χ0) is 61.6. The van der Waals surface area contributed by atoms with Gasteiger partial charge in [0.1, 0.15) is 0 Å². The van der Waals surface area contributed by atoms with Gasteiger partial charge in [0.15, 0.2) is 0 Å². The van der Waals surface area contributed by atoms with Crippen LogP contribution in [0.3, 0.4) is 0 Å². The van der Waals surface area contributed by atoms with Crippen molar-refractivity contribution in [3.05, 3.63) is 231 Å². The van der Waals surface area contributed by atoms with Gasteiger partial charge in [0.05, 0.1) is 11.4 Å². The summed E-state index contributed by atoms with van der Waals surface area (Å²) in [5, 5.41) is 0. The molecule has 12 rings (SSSR count). The Morgan fingerprint density at radius 2 is 0.779 bits per heavy atom. The zero-order valence-electron chi connectivity index (χ0n) is 55.3. The largest absolute Gasteiger partial charge is 0.312 e. The van der Waals surface area contributed by atoms with Crippen molar-refractivity contribution in [3.63, 3.8) is 0 Å². The van der Waals surface area contributed by atoms with Crippen molar-refractivity contribution >= 4 is 97.6 Å². The van der Waals surface area contributed by atoms with Gasteiger partial charge in [-0.05, 0) is 211 Å². The van der Waals surface area contributed by atoms with Crippen LogP contribution < -0.4 is 46.9 Å². The van der Waals surface area contributed by atoms with Crippen LogP contribution in [0.2, 0.25) is 0 Å². The normalized spacial score (nSPS) is 15.0. The molecule has 86 heavy (non-hydrogen) atoms. The van der Waals surface area contributed by atoms with E-state index < -0.39 is 0 Å². The van der Waals surface area contributed by atoms with Gasteiger partial charge < -0.3 is 19.6 Å². The Hall–Kier alpha value is -7.69. The van der Waals surface area contributed by atoms with Crippen LogP contribution in [-0.2, 0) is 16.2 Å². The number of fused-ring (bicyclic) bond motifs is 9. The highest BCUT2D eigenvalue weighted by Crippen LogP contribution is 2.52. The lowest BCUT2D eigenvalue weighted by molar-refractivity contribution is 0.543. The van der Waals surface area contributed by atoms with E-state index in [9.17, 15) is 0 Å². The van der Waals surface area contributed by atoms with E-state index >= 15 is 0 Å². The molecule has 8 aromatic carbocycles. The predicted molar refractivity (Wildman–Crippen MR) is 377 cm³/mol. The average Bonchev–Trinajstić information content (AvgIpc) is 0.695. The maximum atomic E-state index is 5.30. The molecule has 4 heterocycles. The third-order valence-corrected chi connectivity index (χ3v) is 18.9. The molecule has 0 N–H and O–H groups in total. The fourth-order valence-corrected chi connectivity index (χ4v) is 14.3. The Morgan fingerprint density at radius 1 is 0.395 bits per heavy atom. The molecular formula is C80H90B2N4. The van der Waals surface area contributed by atoms with Gasteiger partial charge in [0.25, 0.3) is 13.4 Å². The first-order valence-electron chi connectivity index (χ1n) is 31.7. The van der Waals surface area contributed by atoms with Crippen LogP contribution >= 0.6 is 0 Å². The van der Waals surface area contributed by atoms with Gasteiger partial charge in [0.2, 0.25) is 0 Å². The topological polar surface area (TPSA) is 13.0 Å². The molecule has 4 aliphatic heterocycles. The van der Waals surface area contributed by atoms with Gasteiger partial charge in [-0.3, -0.25) is 0 Å². The molecule has 0 amide bonds. The van der Waals surface area contributed by atoms with E-state index in [0.29, 0.717) is 11.8 Å². The Morgan fingerprint density at radius 3 is 1.23 bits per heavy atom. The molecule has 0 unspecified atom stereocenters. The summed E-state index contributed by atoms with van der Waals surface area (Å²) in [5.74, 6) is 0.753. The SMILES string of the molecule is C=C1C2=C(/C=C/C(C)(C)C)N(c3c(C)cc(C(C)C)cc3C)c3cc4c(cc3B2c2ccc(C(C)(C)C)cc2N1c1ccccc1)N(c1c(C)cc(C(C)C)cc1C)c1cc(C(C)(C)C)cc2c1B4c1ccc(C(C)(C)C)cc1N2c1ccccc1. The molecule has 0 radical (unpaired) electrons. The van der Waals surface area contributed by atoms with Crippen LogP contribution in [0.1, 0.15) is 173 Å². The van der Waals surface area contributed by atoms with Crippen LogP contribution in [0, 0.1) is 33.1 Å². The van der Waals surface area contributed by atoms with Gasteiger partial charge in [-0.25, -0.2) is 0 Å². The Bertz CT molecular complexity index is 4080. The second-order valence-corrected chi connectivity index (χ2v) is 30.3. The van der Waals surface area contributed by atoms with Gasteiger partial charge in [-0.15, -0.1) is 0 Å². The maximum Gasteiger partial charge on any atom is 0.252 e. The number of aryl methyl sites for hydroxylation is 4. The van der Waals surface area contributed by atoms with Gasteiger partial charge >= 0.3 is 0 Å². The van der Waals surface area contributed by atoms with Crippen LogP contribution in [0.5, 0.6) is 0 Å². The van der Waals surface area contributed by atoms with Gasteiger partial charge in [-0.2, -0.15) is 0 Å². The van der Waals surface area contributed by atoms with E-state index in [1.807, 2.05) is 0 Å². The summed E-state index contributed by atoms with van der Waals surface area (Å²) in [5.41, 5.74) is 33.1. The van der Waals surface area contributed by atoms with Crippen molar-refractivity contribution in [3.8, 4) is 0 Å². The smallest absolute Gasteiger partial charge is 0.252 e. The summed E-state index contributed by atoms with van der Waals surface area (Å²) in [6.07, 6.45) is 4.89. The van der Waals surface area contributed by atoms with Crippen LogP contribution in [0.4, 0.5) is 56.9 Å². The van der Waals surface area contributed by atoms with Gasteiger partial charge in [-0.1, -0.05) is 208 Å². The Balaban J connectivity index is 1.29. The van der Waals surface area contributed by atoms with E-state index in [0.717, 1.165) is 22.8 Å². The van der Waals surface area contributed by atoms with Crippen LogP contribution in [-0.4, -0.2) is 13.4 Å². The lowest BCUT2D eigenvalue weighted by Gasteiger charge is -2.49. The highest BCUT2D eigenvalue weighted by Gasteiger charge is 2.50. The van der Waals surface area contributed by atoms with Crippen molar-refractivity contribution < 1.29 is 0 Å². The Kier molecular flexibility index (Phi) is 14.2. The molecule has 0 atom stereocenters. The summed E-state index contributed by atoms with van der Waals surface area (Å²) < 4.78 is 0. The molecular weight excluding hydrogens is 1040 g/mol. The Labute approximate surface area is 517 Å². The number of para-hydroxylation sites is 2. The molecule has 0 fully saturated rings. The molecule has 4 nitrogen and oxygen atoms in total. The number of anilines is 10. The molecule has 4 aliphatic rings. The fraction of sp³-hybridized carbons (Fsp3) is 0.325. The minimum absolute atomic E-state index is 0.0833. The van der Waals surface area contributed by atoms with E-state index in [1.54, 1.807) is 0 Å². The summed E-state index contributed by atoms with van der Waals surface area (Å²) in [6.45, 7) is 51.9. The van der Waals surface area contributed by atoms with Crippen molar-refractivity contribution in [2.75, 3.05) is 19.6 Å². The van der Waals surface area contributed by atoms with Crippen molar-refractivity contribution in [1.29, 1.82) is 0 Å². The second-order valence-electron chi connectivity index (χ2n) is 30.3. The van der Waals surface area contributed by atoms with Crippen molar-refractivity contribution in [2.24, 2.45) is 5.41 Å².